The Labute approximate surface area is 216 Å². The summed E-state index contributed by atoms with van der Waals surface area (Å²) in [5.74, 6) is 1.05. The number of ether oxygens (including phenoxy) is 2. The third-order valence-corrected chi connectivity index (χ3v) is 6.10. The van der Waals surface area contributed by atoms with Gasteiger partial charge in [0.25, 0.3) is 0 Å². The lowest BCUT2D eigenvalue weighted by Crippen LogP contribution is -2.20. The van der Waals surface area contributed by atoms with E-state index in [1.807, 2.05) is 44.2 Å². The second kappa shape index (κ2) is 11.1. The number of nitrogens with one attached hydrogen (secondary N) is 2. The molecule has 192 valence electrons. The number of anilines is 3. The first kappa shape index (κ1) is 25.7. The molecule has 0 atom stereocenters. The van der Waals surface area contributed by atoms with Gasteiger partial charge in [0, 0.05) is 48.0 Å². The van der Waals surface area contributed by atoms with Crippen LogP contribution in [0.4, 0.5) is 17.3 Å². The van der Waals surface area contributed by atoms with Crippen molar-refractivity contribution in [2.24, 2.45) is 7.05 Å². The minimum Gasteiger partial charge on any atom is -0.494 e. The Morgan fingerprint density at radius 2 is 1.95 bits per heavy atom. The summed E-state index contributed by atoms with van der Waals surface area (Å²) in [4.78, 5) is 23.4. The van der Waals surface area contributed by atoms with Crippen molar-refractivity contribution < 1.29 is 14.3 Å². The number of carbonyl (C=O) groups excluding carboxylic acids is 1. The summed E-state index contributed by atoms with van der Waals surface area (Å²) in [5.41, 5.74) is 5.16. The minimum absolute atomic E-state index is 0.349. The van der Waals surface area contributed by atoms with Crippen LogP contribution in [0.15, 0.2) is 61.3 Å². The molecular formula is C28H32N6O3. The quantitative estimate of drug-likeness (QED) is 0.303. The Kier molecular flexibility index (Phi) is 7.74. The van der Waals surface area contributed by atoms with E-state index in [0.29, 0.717) is 42.0 Å². The fourth-order valence-corrected chi connectivity index (χ4v) is 4.09. The molecule has 0 fully saturated rings. The highest BCUT2D eigenvalue weighted by atomic mass is 16.5. The molecule has 37 heavy (non-hydrogen) atoms. The van der Waals surface area contributed by atoms with Crippen LogP contribution in [0, 0.1) is 6.92 Å². The molecule has 0 spiro atoms. The van der Waals surface area contributed by atoms with Crippen LogP contribution in [0.5, 0.6) is 11.5 Å². The summed E-state index contributed by atoms with van der Waals surface area (Å²) < 4.78 is 13.7. The van der Waals surface area contributed by atoms with Crippen molar-refractivity contribution in [2.45, 2.75) is 6.92 Å². The Morgan fingerprint density at radius 3 is 2.68 bits per heavy atom. The molecule has 4 rings (SSSR count). The molecule has 2 heterocycles. The maximum Gasteiger partial charge on any atom is 0.247 e. The number of likely N-dealkylation sites (N-methyl/N-ethyl adjacent to an activating group) is 1. The van der Waals surface area contributed by atoms with Gasteiger partial charge >= 0.3 is 0 Å². The molecule has 2 N–H and O–H groups in total. The van der Waals surface area contributed by atoms with E-state index in [9.17, 15) is 4.79 Å². The first-order valence-corrected chi connectivity index (χ1v) is 11.9. The second-order valence-corrected chi connectivity index (χ2v) is 8.82. The highest BCUT2D eigenvalue weighted by molar-refractivity contribution is 6.01. The Balaban J connectivity index is 1.71. The Bertz CT molecular complexity index is 1440. The fraction of sp³-hybridized carbons (Fsp3) is 0.250. The molecule has 0 saturated carbocycles. The monoisotopic (exact) mass is 500 g/mol. The van der Waals surface area contributed by atoms with Crippen LogP contribution in [-0.2, 0) is 11.8 Å². The fourth-order valence-electron chi connectivity index (χ4n) is 4.09. The SMILES string of the molecule is C=CC(=O)Nc1cc(Nc2nccc(-c3c(C)n(C)c4ccccc34)n2)c(OC)cc1OCCN(C)C. The van der Waals surface area contributed by atoms with Crippen molar-refractivity contribution in [2.75, 3.05) is 45.0 Å². The van der Waals surface area contributed by atoms with E-state index in [1.54, 1.807) is 25.4 Å². The van der Waals surface area contributed by atoms with Gasteiger partial charge in [-0.05, 0) is 45.3 Å². The average molecular weight is 501 g/mol. The summed E-state index contributed by atoms with van der Waals surface area (Å²) >= 11 is 0. The van der Waals surface area contributed by atoms with Crippen molar-refractivity contribution in [3.8, 4) is 22.8 Å². The van der Waals surface area contributed by atoms with Gasteiger partial charge in [0.2, 0.25) is 11.9 Å². The standard InChI is InChI=1S/C28H32N6O3/c1-7-26(35)30-22-16-21(24(36-6)17-25(22)37-15-14-33(3)4)32-28-29-13-12-20(31-28)27-18(2)34(5)23-11-9-8-10-19(23)27/h7-13,16-17H,1,14-15H2,2-6H3,(H,30,35)(H,29,31,32). The Hall–Kier alpha value is -4.37. The number of carbonyl (C=O) groups is 1. The van der Waals surface area contributed by atoms with Gasteiger partial charge in [-0.3, -0.25) is 4.79 Å². The van der Waals surface area contributed by atoms with Crippen LogP contribution < -0.4 is 20.1 Å². The van der Waals surface area contributed by atoms with Crippen LogP contribution in [0.2, 0.25) is 0 Å². The van der Waals surface area contributed by atoms with E-state index in [1.165, 1.54) is 6.08 Å². The summed E-state index contributed by atoms with van der Waals surface area (Å²) in [6.45, 7) is 6.78. The normalized spacial score (nSPS) is 11.0. The van der Waals surface area contributed by atoms with Crippen molar-refractivity contribution in [3.05, 3.63) is 67.0 Å². The number of fused-ring (bicyclic) bond motifs is 1. The zero-order valence-corrected chi connectivity index (χ0v) is 21.8. The number of benzene rings is 2. The lowest BCUT2D eigenvalue weighted by atomic mass is 10.1. The lowest BCUT2D eigenvalue weighted by Gasteiger charge is -2.18. The third kappa shape index (κ3) is 5.57. The van der Waals surface area contributed by atoms with Crippen molar-refractivity contribution in [1.82, 2.24) is 19.4 Å². The van der Waals surface area contributed by atoms with Gasteiger partial charge in [0.1, 0.15) is 18.1 Å². The van der Waals surface area contributed by atoms with Gasteiger partial charge in [-0.15, -0.1) is 0 Å². The van der Waals surface area contributed by atoms with E-state index >= 15 is 0 Å². The van der Waals surface area contributed by atoms with Crippen LogP contribution in [-0.4, -0.2) is 59.7 Å². The number of aromatic nitrogens is 3. The first-order valence-electron chi connectivity index (χ1n) is 11.9. The largest absolute Gasteiger partial charge is 0.494 e. The molecule has 9 nitrogen and oxygen atoms in total. The van der Waals surface area contributed by atoms with Crippen LogP contribution in [0.25, 0.3) is 22.2 Å². The van der Waals surface area contributed by atoms with E-state index < -0.39 is 0 Å². The minimum atomic E-state index is -0.349. The smallest absolute Gasteiger partial charge is 0.247 e. The van der Waals surface area contributed by atoms with Gasteiger partial charge in [0.05, 0.1) is 24.2 Å². The van der Waals surface area contributed by atoms with Gasteiger partial charge in [-0.1, -0.05) is 24.8 Å². The molecule has 0 aliphatic rings. The van der Waals surface area contributed by atoms with E-state index in [-0.39, 0.29) is 5.91 Å². The van der Waals surface area contributed by atoms with Gasteiger partial charge < -0.3 is 29.6 Å². The van der Waals surface area contributed by atoms with E-state index in [2.05, 4.69) is 45.8 Å². The number of nitrogens with zero attached hydrogens (tertiary/aromatic N) is 4. The highest BCUT2D eigenvalue weighted by Crippen LogP contribution is 2.38. The van der Waals surface area contributed by atoms with Gasteiger partial charge in [0.15, 0.2) is 0 Å². The summed E-state index contributed by atoms with van der Waals surface area (Å²) in [6.07, 6.45) is 2.93. The molecule has 0 saturated heterocycles. The molecule has 0 bridgehead atoms. The molecule has 2 aromatic carbocycles. The predicted octanol–water partition coefficient (Wildman–Crippen LogP) is 4.76. The number of methoxy groups -OCH3 is 1. The maximum absolute atomic E-state index is 12.1. The maximum atomic E-state index is 12.1. The zero-order chi connectivity index (χ0) is 26.5. The molecule has 9 heteroatoms. The topological polar surface area (TPSA) is 93.5 Å². The zero-order valence-electron chi connectivity index (χ0n) is 21.8. The number of amides is 1. The molecule has 4 aromatic rings. The molecule has 0 radical (unpaired) electrons. The van der Waals surface area contributed by atoms with Crippen LogP contribution in [0.1, 0.15) is 5.69 Å². The number of rotatable bonds is 10. The summed E-state index contributed by atoms with van der Waals surface area (Å²) in [5, 5.41) is 7.18. The molecule has 1 amide bonds. The number of hydrogen-bond acceptors (Lipinski definition) is 7. The predicted molar refractivity (Wildman–Crippen MR) is 148 cm³/mol. The van der Waals surface area contributed by atoms with Gasteiger partial charge in [-0.25, -0.2) is 9.97 Å². The molecule has 0 aliphatic heterocycles. The van der Waals surface area contributed by atoms with E-state index in [0.717, 1.165) is 27.9 Å². The second-order valence-electron chi connectivity index (χ2n) is 8.82. The average Bonchev–Trinajstić information content (AvgIpc) is 3.14. The number of hydrogen-bond donors (Lipinski definition) is 2. The van der Waals surface area contributed by atoms with Crippen molar-refractivity contribution in [1.29, 1.82) is 0 Å². The van der Waals surface area contributed by atoms with Crippen molar-refractivity contribution in [3.63, 3.8) is 0 Å². The van der Waals surface area contributed by atoms with E-state index in [4.69, 9.17) is 14.5 Å². The molecule has 0 unspecified atom stereocenters. The molecule has 0 aliphatic carbocycles. The lowest BCUT2D eigenvalue weighted by molar-refractivity contribution is -0.111. The third-order valence-electron chi connectivity index (χ3n) is 6.10. The first-order chi connectivity index (χ1) is 17.8. The Morgan fingerprint density at radius 1 is 1.16 bits per heavy atom. The number of para-hydroxylation sites is 1. The van der Waals surface area contributed by atoms with Crippen molar-refractivity contribution >= 4 is 34.1 Å². The van der Waals surface area contributed by atoms with Crippen LogP contribution in [0.3, 0.4) is 0 Å². The van der Waals surface area contributed by atoms with Gasteiger partial charge in [-0.2, -0.15) is 0 Å². The van der Waals surface area contributed by atoms with Crippen LogP contribution >= 0.6 is 0 Å². The summed E-state index contributed by atoms with van der Waals surface area (Å²) in [6, 6.07) is 13.6. The number of aryl methyl sites for hydroxylation is 1. The molecular weight excluding hydrogens is 468 g/mol. The summed E-state index contributed by atoms with van der Waals surface area (Å²) in [7, 11) is 7.55. The molecule has 2 aromatic heterocycles. The highest BCUT2D eigenvalue weighted by Gasteiger charge is 2.17.